The van der Waals surface area contributed by atoms with Gasteiger partial charge < -0.3 is 10.2 Å². The molecule has 26 heavy (non-hydrogen) atoms. The fourth-order valence-electron chi connectivity index (χ4n) is 3.33. The average Bonchev–Trinajstić information content (AvgIpc) is 3.10. The first-order chi connectivity index (χ1) is 12.6. The molecule has 8 nitrogen and oxygen atoms in total. The van der Waals surface area contributed by atoms with Crippen LogP contribution in [0.5, 0.6) is 0 Å². The van der Waals surface area contributed by atoms with Crippen LogP contribution in [0.4, 0.5) is 11.6 Å². The van der Waals surface area contributed by atoms with Crippen LogP contribution < -0.4 is 10.2 Å². The molecule has 0 saturated carbocycles. The van der Waals surface area contributed by atoms with Crippen molar-refractivity contribution in [1.82, 2.24) is 29.5 Å². The summed E-state index contributed by atoms with van der Waals surface area (Å²) in [6.07, 6.45) is 5.26. The summed E-state index contributed by atoms with van der Waals surface area (Å²) in [5, 5.41) is 7.89. The first-order valence-electron chi connectivity index (χ1n) is 9.11. The number of nitrogens with one attached hydrogen (secondary N) is 1. The zero-order valence-corrected chi connectivity index (χ0v) is 15.4. The van der Waals surface area contributed by atoms with Crippen molar-refractivity contribution in [3.63, 3.8) is 0 Å². The Kier molecular flexibility index (Phi) is 4.40. The van der Waals surface area contributed by atoms with Crippen LogP contribution in [0, 0.1) is 6.92 Å². The lowest BCUT2D eigenvalue weighted by Gasteiger charge is -2.34. The van der Waals surface area contributed by atoms with Gasteiger partial charge in [-0.3, -0.25) is 0 Å². The van der Waals surface area contributed by atoms with Gasteiger partial charge in [-0.2, -0.15) is 14.6 Å². The van der Waals surface area contributed by atoms with Crippen LogP contribution in [0.15, 0.2) is 24.8 Å². The topological polar surface area (TPSA) is 84.1 Å². The molecule has 1 aliphatic heterocycles. The predicted molar refractivity (Wildman–Crippen MR) is 100 cm³/mol. The van der Waals surface area contributed by atoms with Crippen molar-refractivity contribution in [2.45, 2.75) is 45.6 Å². The van der Waals surface area contributed by atoms with Crippen LogP contribution in [0.25, 0.3) is 5.78 Å². The van der Waals surface area contributed by atoms with Gasteiger partial charge in [-0.25, -0.2) is 15.0 Å². The van der Waals surface area contributed by atoms with E-state index in [1.165, 1.54) is 0 Å². The quantitative estimate of drug-likeness (QED) is 0.772. The molecule has 8 heteroatoms. The summed E-state index contributed by atoms with van der Waals surface area (Å²) < 4.78 is 1.84. The molecule has 0 aromatic carbocycles. The lowest BCUT2D eigenvalue weighted by molar-refractivity contribution is 0.518. The van der Waals surface area contributed by atoms with Crippen molar-refractivity contribution in [3.8, 4) is 0 Å². The molecular weight excluding hydrogens is 328 g/mol. The zero-order chi connectivity index (χ0) is 18.1. The highest BCUT2D eigenvalue weighted by Gasteiger charge is 2.23. The van der Waals surface area contributed by atoms with Gasteiger partial charge in [-0.1, -0.05) is 13.8 Å². The van der Waals surface area contributed by atoms with Gasteiger partial charge in [0.15, 0.2) is 0 Å². The van der Waals surface area contributed by atoms with Crippen LogP contribution in [0.2, 0.25) is 0 Å². The van der Waals surface area contributed by atoms with Gasteiger partial charge in [0.1, 0.15) is 24.3 Å². The number of hydrogen-bond donors (Lipinski definition) is 1. The third kappa shape index (κ3) is 3.31. The summed E-state index contributed by atoms with van der Waals surface area (Å²) in [6.45, 7) is 8.20. The molecule has 0 bridgehead atoms. The fourth-order valence-corrected chi connectivity index (χ4v) is 3.33. The Balaban J connectivity index is 1.49. The van der Waals surface area contributed by atoms with E-state index >= 15 is 0 Å². The minimum atomic E-state index is 0.357. The van der Waals surface area contributed by atoms with E-state index in [0.717, 1.165) is 49.0 Å². The van der Waals surface area contributed by atoms with Crippen molar-refractivity contribution in [3.05, 3.63) is 36.2 Å². The number of nitrogens with zero attached hydrogens (tertiary/aromatic N) is 7. The van der Waals surface area contributed by atoms with E-state index in [-0.39, 0.29) is 0 Å². The number of rotatable bonds is 4. The maximum atomic E-state index is 4.61. The minimum Gasteiger partial charge on any atom is -0.367 e. The maximum Gasteiger partial charge on any atom is 0.254 e. The molecular formula is C18H24N8. The zero-order valence-electron chi connectivity index (χ0n) is 15.4. The Labute approximate surface area is 152 Å². The number of anilines is 2. The number of aromatic nitrogens is 6. The van der Waals surface area contributed by atoms with Gasteiger partial charge in [-0.15, -0.1) is 0 Å². The third-order valence-corrected chi connectivity index (χ3v) is 4.82. The molecule has 4 heterocycles. The van der Waals surface area contributed by atoms with Crippen molar-refractivity contribution < 1.29 is 0 Å². The van der Waals surface area contributed by atoms with E-state index in [1.54, 1.807) is 12.7 Å². The molecule has 0 spiro atoms. The summed E-state index contributed by atoms with van der Waals surface area (Å²) in [5.41, 5.74) is 2.03. The Bertz CT molecular complexity index is 895. The first kappa shape index (κ1) is 16.7. The van der Waals surface area contributed by atoms with E-state index in [9.17, 15) is 0 Å². The van der Waals surface area contributed by atoms with E-state index in [1.807, 2.05) is 17.5 Å². The van der Waals surface area contributed by atoms with Gasteiger partial charge in [-0.05, 0) is 25.7 Å². The van der Waals surface area contributed by atoms with Crippen molar-refractivity contribution in [1.29, 1.82) is 0 Å². The molecule has 0 radical (unpaired) electrons. The molecule has 0 aliphatic carbocycles. The molecule has 3 aromatic heterocycles. The summed E-state index contributed by atoms with van der Waals surface area (Å²) in [7, 11) is 0. The van der Waals surface area contributed by atoms with Crippen LogP contribution in [0.1, 0.15) is 44.0 Å². The number of fused-ring (bicyclic) bond motifs is 1. The molecule has 0 atom stereocenters. The molecule has 1 N–H and O–H groups in total. The molecule has 1 fully saturated rings. The van der Waals surface area contributed by atoms with Gasteiger partial charge >= 0.3 is 0 Å². The van der Waals surface area contributed by atoms with Crippen molar-refractivity contribution >= 4 is 17.4 Å². The first-order valence-corrected chi connectivity index (χ1v) is 9.11. The average molecular weight is 352 g/mol. The smallest absolute Gasteiger partial charge is 0.254 e. The van der Waals surface area contributed by atoms with Gasteiger partial charge in [0.25, 0.3) is 5.78 Å². The van der Waals surface area contributed by atoms with Crippen LogP contribution in [-0.4, -0.2) is 48.7 Å². The van der Waals surface area contributed by atoms with E-state index in [0.29, 0.717) is 17.7 Å². The third-order valence-electron chi connectivity index (χ3n) is 4.82. The lowest BCUT2D eigenvalue weighted by atomic mass is 10.0. The Morgan fingerprint density at radius 1 is 1.08 bits per heavy atom. The second kappa shape index (κ2) is 6.86. The SMILES string of the molecule is Cc1cc(NC2CCN(c3cc(C(C)C)nc4ncnn34)CC2)ncn1. The Morgan fingerprint density at radius 2 is 1.88 bits per heavy atom. The molecule has 0 amide bonds. The molecule has 136 valence electrons. The van der Waals surface area contributed by atoms with Crippen LogP contribution >= 0.6 is 0 Å². The number of hydrogen-bond acceptors (Lipinski definition) is 7. The lowest BCUT2D eigenvalue weighted by Crippen LogP contribution is -2.40. The fraction of sp³-hybridized carbons (Fsp3) is 0.500. The summed E-state index contributed by atoms with van der Waals surface area (Å²) in [5.74, 6) is 3.01. The summed E-state index contributed by atoms with van der Waals surface area (Å²) in [6, 6.07) is 4.55. The second-order valence-corrected chi connectivity index (χ2v) is 7.12. The Morgan fingerprint density at radius 3 is 2.62 bits per heavy atom. The molecule has 1 saturated heterocycles. The monoisotopic (exact) mass is 352 g/mol. The largest absolute Gasteiger partial charge is 0.367 e. The summed E-state index contributed by atoms with van der Waals surface area (Å²) >= 11 is 0. The van der Waals surface area contributed by atoms with E-state index in [4.69, 9.17) is 0 Å². The molecule has 4 rings (SSSR count). The predicted octanol–water partition coefficient (Wildman–Crippen LogP) is 2.43. The normalized spacial score (nSPS) is 15.8. The van der Waals surface area contributed by atoms with Crippen molar-refractivity contribution in [2.24, 2.45) is 0 Å². The standard InChI is InChI=1S/C18H24N8/c1-12(2)15-9-17(26-18(24-15)21-11-22-26)25-6-4-14(5-7-25)23-16-8-13(3)19-10-20-16/h8-12,14H,4-7H2,1-3H3,(H,19,20,23). The number of piperidine rings is 1. The van der Waals surface area contributed by atoms with E-state index in [2.05, 4.69) is 55.2 Å². The van der Waals surface area contributed by atoms with Gasteiger partial charge in [0, 0.05) is 37.0 Å². The summed E-state index contributed by atoms with van der Waals surface area (Å²) in [4.78, 5) is 19.7. The molecule has 3 aromatic rings. The maximum absolute atomic E-state index is 4.61. The highest BCUT2D eigenvalue weighted by Crippen LogP contribution is 2.24. The molecule has 1 aliphatic rings. The number of aryl methyl sites for hydroxylation is 1. The highest BCUT2D eigenvalue weighted by molar-refractivity contribution is 5.48. The van der Waals surface area contributed by atoms with E-state index < -0.39 is 0 Å². The van der Waals surface area contributed by atoms with Gasteiger partial charge in [0.05, 0.1) is 5.69 Å². The van der Waals surface area contributed by atoms with Crippen LogP contribution in [0.3, 0.4) is 0 Å². The van der Waals surface area contributed by atoms with Gasteiger partial charge in [0.2, 0.25) is 0 Å². The second-order valence-electron chi connectivity index (χ2n) is 7.12. The van der Waals surface area contributed by atoms with Crippen molar-refractivity contribution in [2.75, 3.05) is 23.3 Å². The van der Waals surface area contributed by atoms with Crippen LogP contribution in [-0.2, 0) is 0 Å². The highest BCUT2D eigenvalue weighted by atomic mass is 15.4. The molecule has 0 unspecified atom stereocenters. The Hall–Kier alpha value is -2.77. The minimum absolute atomic E-state index is 0.357.